The average Bonchev–Trinajstić information content (AvgIpc) is 3.48. The highest BCUT2D eigenvalue weighted by atomic mass is 16.2. The normalized spacial score (nSPS) is 21.6. The fraction of sp³-hybridized carbons (Fsp3) is 0.458. The second-order valence-corrected chi connectivity index (χ2v) is 9.48. The number of carbonyl (C=O) groups excluding carboxylic acids is 1. The lowest BCUT2D eigenvalue weighted by Gasteiger charge is -2.35. The molecule has 4 heterocycles. The third-order valence-electron chi connectivity index (χ3n) is 7.02. The topological polar surface area (TPSA) is 156 Å². The number of likely N-dealkylation sites (tertiary alicyclic amines) is 1. The number of carbonyl (C=O) groups is 1. The van der Waals surface area contributed by atoms with Crippen molar-refractivity contribution in [3.05, 3.63) is 58.9 Å². The SMILES string of the molecule is Cc1cn2nc([C@@H]3CCCCN3C(=O)c3ccccc3C(N)NNN)cc2nc1N1CC[C@H](N)C1. The summed E-state index contributed by atoms with van der Waals surface area (Å²) in [6.45, 7) is 4.43. The van der Waals surface area contributed by atoms with E-state index in [9.17, 15) is 4.79 Å². The van der Waals surface area contributed by atoms with Crippen molar-refractivity contribution in [1.29, 1.82) is 0 Å². The third-order valence-corrected chi connectivity index (χ3v) is 7.02. The maximum absolute atomic E-state index is 13.8. The van der Waals surface area contributed by atoms with Crippen molar-refractivity contribution in [2.24, 2.45) is 17.3 Å². The van der Waals surface area contributed by atoms with Crippen molar-refractivity contribution < 1.29 is 4.79 Å². The minimum absolute atomic E-state index is 0.0625. The van der Waals surface area contributed by atoms with Gasteiger partial charge < -0.3 is 21.3 Å². The number of amides is 1. The van der Waals surface area contributed by atoms with Gasteiger partial charge in [0.2, 0.25) is 0 Å². The summed E-state index contributed by atoms with van der Waals surface area (Å²) >= 11 is 0. The van der Waals surface area contributed by atoms with E-state index < -0.39 is 6.17 Å². The van der Waals surface area contributed by atoms with Crippen molar-refractivity contribution in [3.63, 3.8) is 0 Å². The Kier molecular flexibility index (Phi) is 6.67. The first-order chi connectivity index (χ1) is 17.0. The van der Waals surface area contributed by atoms with Crippen molar-refractivity contribution in [3.8, 4) is 0 Å². The van der Waals surface area contributed by atoms with Gasteiger partial charge in [-0.25, -0.2) is 14.9 Å². The van der Waals surface area contributed by atoms with Crippen LogP contribution in [0.15, 0.2) is 36.5 Å². The molecule has 11 nitrogen and oxygen atoms in total. The summed E-state index contributed by atoms with van der Waals surface area (Å²) in [5.74, 6) is 6.27. The standard InChI is InChI=1S/C24H34N10O/c1-15-13-34-21(28-23(15)32-11-9-16(25)14-32)12-19(30-34)20-8-4-5-10-33(20)24(35)18-7-3-2-6-17(18)22(26)29-31-27/h2-3,6-7,12-13,16,20,22,29,31H,4-5,8-11,14,25-27H2,1H3/t16-,20-,22?/m0/s1. The fourth-order valence-corrected chi connectivity index (χ4v) is 5.25. The lowest BCUT2D eigenvalue weighted by atomic mass is 9.96. The van der Waals surface area contributed by atoms with E-state index in [1.165, 1.54) is 0 Å². The molecular weight excluding hydrogens is 444 g/mol. The Morgan fingerprint density at radius 3 is 2.80 bits per heavy atom. The molecule has 3 aromatic rings. The molecule has 1 unspecified atom stereocenters. The number of nitrogens with zero attached hydrogens (tertiary/aromatic N) is 5. The zero-order valence-corrected chi connectivity index (χ0v) is 20.0. The molecule has 0 aliphatic carbocycles. The van der Waals surface area contributed by atoms with Crippen molar-refractivity contribution in [2.45, 2.75) is 50.9 Å². The summed E-state index contributed by atoms with van der Waals surface area (Å²) in [5.41, 5.74) is 21.4. The van der Waals surface area contributed by atoms with Crippen LogP contribution < -0.4 is 33.2 Å². The highest BCUT2D eigenvalue weighted by Gasteiger charge is 2.32. The van der Waals surface area contributed by atoms with Gasteiger partial charge in [-0.05, 0) is 44.2 Å². The number of aryl methyl sites for hydroxylation is 1. The number of piperidine rings is 1. The van der Waals surface area contributed by atoms with Gasteiger partial charge in [0.1, 0.15) is 5.82 Å². The Morgan fingerprint density at radius 1 is 1.20 bits per heavy atom. The monoisotopic (exact) mass is 478 g/mol. The maximum atomic E-state index is 13.8. The number of fused-ring (bicyclic) bond motifs is 1. The molecule has 35 heavy (non-hydrogen) atoms. The van der Waals surface area contributed by atoms with Crippen LogP contribution in [0.25, 0.3) is 5.65 Å². The molecule has 1 amide bonds. The first-order valence-corrected chi connectivity index (χ1v) is 12.2. The predicted molar refractivity (Wildman–Crippen MR) is 134 cm³/mol. The lowest BCUT2D eigenvalue weighted by molar-refractivity contribution is 0.0603. The molecule has 3 atom stereocenters. The summed E-state index contributed by atoms with van der Waals surface area (Å²) in [5, 5.41) is 4.85. The molecule has 0 radical (unpaired) electrons. The number of benzene rings is 1. The van der Waals surface area contributed by atoms with Crippen LogP contribution in [0.2, 0.25) is 0 Å². The van der Waals surface area contributed by atoms with Crippen LogP contribution in [0.5, 0.6) is 0 Å². The van der Waals surface area contributed by atoms with E-state index in [0.717, 1.165) is 61.5 Å². The van der Waals surface area contributed by atoms with Crippen molar-refractivity contribution >= 4 is 17.4 Å². The van der Waals surface area contributed by atoms with Gasteiger partial charge in [-0.2, -0.15) is 10.6 Å². The molecule has 0 bridgehead atoms. The van der Waals surface area contributed by atoms with E-state index in [2.05, 4.69) is 15.9 Å². The van der Waals surface area contributed by atoms with Crippen LogP contribution >= 0.6 is 0 Å². The van der Waals surface area contributed by atoms with Crippen LogP contribution in [0.1, 0.15) is 65.1 Å². The maximum Gasteiger partial charge on any atom is 0.254 e. The lowest BCUT2D eigenvalue weighted by Crippen LogP contribution is -2.45. The number of hydrazine groups is 2. The molecule has 0 saturated carbocycles. The van der Waals surface area contributed by atoms with Crippen LogP contribution in [0.4, 0.5) is 5.82 Å². The van der Waals surface area contributed by atoms with Gasteiger partial charge >= 0.3 is 0 Å². The zero-order chi connectivity index (χ0) is 24.5. The van der Waals surface area contributed by atoms with Gasteiger partial charge in [0.15, 0.2) is 5.65 Å². The van der Waals surface area contributed by atoms with E-state index in [4.69, 9.17) is 27.4 Å². The summed E-state index contributed by atoms with van der Waals surface area (Å²) < 4.78 is 1.82. The number of anilines is 1. The van der Waals surface area contributed by atoms with Gasteiger partial charge in [0, 0.05) is 49.1 Å². The molecule has 8 N–H and O–H groups in total. The molecule has 2 fully saturated rings. The first-order valence-electron chi connectivity index (χ1n) is 12.2. The quantitative estimate of drug-likeness (QED) is 0.197. The van der Waals surface area contributed by atoms with E-state index in [-0.39, 0.29) is 18.0 Å². The number of nitrogens with one attached hydrogen (secondary N) is 2. The van der Waals surface area contributed by atoms with Crippen LogP contribution in [0.3, 0.4) is 0 Å². The van der Waals surface area contributed by atoms with E-state index in [1.54, 1.807) is 0 Å². The highest BCUT2D eigenvalue weighted by Crippen LogP contribution is 2.33. The van der Waals surface area contributed by atoms with E-state index >= 15 is 0 Å². The number of hydrogen-bond acceptors (Lipinski definition) is 9. The van der Waals surface area contributed by atoms with Crippen LogP contribution in [0, 0.1) is 6.92 Å². The highest BCUT2D eigenvalue weighted by molar-refractivity contribution is 5.96. The molecule has 186 valence electrons. The van der Waals surface area contributed by atoms with Gasteiger partial charge in [-0.1, -0.05) is 18.2 Å². The Bertz CT molecular complexity index is 1210. The van der Waals surface area contributed by atoms with Gasteiger partial charge in [-0.3, -0.25) is 10.6 Å². The van der Waals surface area contributed by atoms with Gasteiger partial charge in [-0.15, -0.1) is 0 Å². The Morgan fingerprint density at radius 2 is 2.03 bits per heavy atom. The summed E-state index contributed by atoms with van der Waals surface area (Å²) in [6.07, 6.45) is 5.19. The Hall–Kier alpha value is -3.09. The number of rotatable bonds is 6. The second kappa shape index (κ2) is 9.88. The van der Waals surface area contributed by atoms with Crippen LogP contribution in [-0.4, -0.2) is 51.1 Å². The van der Waals surface area contributed by atoms with Gasteiger partial charge in [0.05, 0.1) is 17.9 Å². The molecule has 2 saturated heterocycles. The Labute approximate surface area is 204 Å². The minimum Gasteiger partial charge on any atom is -0.355 e. The zero-order valence-electron chi connectivity index (χ0n) is 20.0. The fourth-order valence-electron chi connectivity index (χ4n) is 5.25. The average molecular weight is 479 g/mol. The molecule has 2 aliphatic rings. The molecule has 2 aliphatic heterocycles. The van der Waals surface area contributed by atoms with Crippen molar-refractivity contribution in [2.75, 3.05) is 24.5 Å². The number of nitrogens with two attached hydrogens (primary N) is 3. The largest absolute Gasteiger partial charge is 0.355 e. The molecule has 2 aromatic heterocycles. The third kappa shape index (κ3) is 4.60. The van der Waals surface area contributed by atoms with Gasteiger partial charge in [0.25, 0.3) is 5.91 Å². The van der Waals surface area contributed by atoms with E-state index in [1.807, 2.05) is 52.9 Å². The second-order valence-electron chi connectivity index (χ2n) is 9.48. The first kappa shape index (κ1) is 23.6. The smallest absolute Gasteiger partial charge is 0.254 e. The van der Waals surface area contributed by atoms with E-state index in [0.29, 0.717) is 17.7 Å². The summed E-state index contributed by atoms with van der Waals surface area (Å²) in [7, 11) is 0. The summed E-state index contributed by atoms with van der Waals surface area (Å²) in [6, 6.07) is 9.41. The molecule has 11 heteroatoms. The summed E-state index contributed by atoms with van der Waals surface area (Å²) in [4.78, 5) is 22.8. The molecule has 5 rings (SSSR count). The molecule has 1 aromatic carbocycles. The number of hydrogen-bond donors (Lipinski definition) is 5. The Balaban J connectivity index is 1.46. The predicted octanol–water partition coefficient (Wildman–Crippen LogP) is 0.868. The van der Waals surface area contributed by atoms with Crippen LogP contribution in [-0.2, 0) is 0 Å². The minimum atomic E-state index is -0.622. The van der Waals surface area contributed by atoms with Crippen molar-refractivity contribution in [1.82, 2.24) is 30.5 Å². The number of aromatic nitrogens is 3. The molecule has 0 spiro atoms. The molecular formula is C24H34N10O.